The number of amides is 3. The smallest absolute Gasteiger partial charge is 0.319 e. The van der Waals surface area contributed by atoms with Crippen molar-refractivity contribution in [1.82, 2.24) is 10.2 Å². The Hall–Kier alpha value is -2.93. The monoisotopic (exact) mass is 398 g/mol. The van der Waals surface area contributed by atoms with Gasteiger partial charge in [-0.1, -0.05) is 24.3 Å². The molecule has 0 aromatic heterocycles. The molecule has 1 aliphatic heterocycles. The van der Waals surface area contributed by atoms with E-state index in [1.807, 2.05) is 37.3 Å². The summed E-state index contributed by atoms with van der Waals surface area (Å²) < 4.78 is 13.7. The lowest BCUT2D eigenvalue weighted by Gasteiger charge is -2.35. The molecule has 1 atom stereocenters. The largest absolute Gasteiger partial charge is 0.335 e. The second kappa shape index (κ2) is 9.52. The van der Waals surface area contributed by atoms with E-state index in [9.17, 15) is 14.0 Å². The number of halogens is 1. The Balaban J connectivity index is 1.45. The van der Waals surface area contributed by atoms with Gasteiger partial charge in [0.2, 0.25) is 5.91 Å². The van der Waals surface area contributed by atoms with Gasteiger partial charge in [-0.3, -0.25) is 9.69 Å². The van der Waals surface area contributed by atoms with Crippen LogP contribution in [0.15, 0.2) is 48.5 Å². The van der Waals surface area contributed by atoms with Crippen molar-refractivity contribution in [2.45, 2.75) is 38.8 Å². The van der Waals surface area contributed by atoms with Crippen molar-refractivity contribution in [3.8, 4) is 0 Å². The molecule has 2 aromatic carbocycles. The number of anilines is 2. The van der Waals surface area contributed by atoms with E-state index < -0.39 is 0 Å². The highest BCUT2D eigenvalue weighted by Crippen LogP contribution is 2.17. The number of para-hydroxylation sites is 1. The summed E-state index contributed by atoms with van der Waals surface area (Å²) in [6.45, 7) is 4.93. The summed E-state index contributed by atoms with van der Waals surface area (Å²) in [6, 6.07) is 13.5. The molecule has 3 N–H and O–H groups in total. The number of likely N-dealkylation sites (tertiary alicyclic amines) is 1. The van der Waals surface area contributed by atoms with Gasteiger partial charge in [0, 0.05) is 30.5 Å². The molecular weight excluding hydrogens is 371 g/mol. The van der Waals surface area contributed by atoms with Gasteiger partial charge < -0.3 is 16.0 Å². The van der Waals surface area contributed by atoms with E-state index in [1.165, 1.54) is 6.07 Å². The van der Waals surface area contributed by atoms with Crippen molar-refractivity contribution in [3.05, 3.63) is 59.9 Å². The molecule has 1 heterocycles. The average Bonchev–Trinajstić information content (AvgIpc) is 2.71. The van der Waals surface area contributed by atoms with Crippen LogP contribution in [-0.4, -0.2) is 42.0 Å². The summed E-state index contributed by atoms with van der Waals surface area (Å²) in [6.07, 6.45) is 1.53. The highest BCUT2D eigenvalue weighted by atomic mass is 19.1. The highest BCUT2D eigenvalue weighted by Gasteiger charge is 2.27. The summed E-state index contributed by atoms with van der Waals surface area (Å²) in [7, 11) is 0. The van der Waals surface area contributed by atoms with E-state index in [0.29, 0.717) is 24.3 Å². The summed E-state index contributed by atoms with van der Waals surface area (Å²) in [5, 5.41) is 8.58. The van der Waals surface area contributed by atoms with Crippen LogP contribution < -0.4 is 16.0 Å². The zero-order chi connectivity index (χ0) is 20.8. The van der Waals surface area contributed by atoms with Crippen molar-refractivity contribution in [1.29, 1.82) is 0 Å². The number of aryl methyl sites for hydroxylation is 1. The molecule has 0 aliphatic carbocycles. The first kappa shape index (κ1) is 20.8. The van der Waals surface area contributed by atoms with E-state index >= 15 is 0 Å². The average molecular weight is 398 g/mol. The van der Waals surface area contributed by atoms with Gasteiger partial charge in [-0.25, -0.2) is 9.18 Å². The third kappa shape index (κ3) is 5.77. The maximum atomic E-state index is 13.7. The molecule has 0 saturated carbocycles. The predicted molar refractivity (Wildman–Crippen MR) is 112 cm³/mol. The van der Waals surface area contributed by atoms with Crippen LogP contribution in [0.1, 0.15) is 25.3 Å². The van der Waals surface area contributed by atoms with Crippen molar-refractivity contribution in [2.24, 2.45) is 0 Å². The number of nitrogens with zero attached hydrogens (tertiary/aromatic N) is 1. The maximum absolute atomic E-state index is 13.7. The van der Waals surface area contributed by atoms with E-state index in [1.54, 1.807) is 19.1 Å². The highest BCUT2D eigenvalue weighted by molar-refractivity contribution is 5.94. The van der Waals surface area contributed by atoms with Crippen LogP contribution in [0.5, 0.6) is 0 Å². The molecule has 7 heteroatoms. The van der Waals surface area contributed by atoms with Gasteiger partial charge >= 0.3 is 6.03 Å². The minimum atomic E-state index is -0.337. The lowest BCUT2D eigenvalue weighted by atomic mass is 10.0. The van der Waals surface area contributed by atoms with E-state index in [-0.39, 0.29) is 29.8 Å². The molecule has 0 bridgehead atoms. The molecule has 0 radical (unpaired) electrons. The van der Waals surface area contributed by atoms with Gasteiger partial charge in [0.1, 0.15) is 5.82 Å². The Kier molecular flexibility index (Phi) is 6.82. The fourth-order valence-electron chi connectivity index (χ4n) is 3.39. The number of hydrogen-bond acceptors (Lipinski definition) is 3. The third-order valence-corrected chi connectivity index (χ3v) is 5.26. The zero-order valence-corrected chi connectivity index (χ0v) is 16.7. The summed E-state index contributed by atoms with van der Waals surface area (Å²) in [4.78, 5) is 26.7. The number of rotatable bonds is 5. The normalized spacial score (nSPS) is 16.1. The Bertz CT molecular complexity index is 851. The van der Waals surface area contributed by atoms with E-state index in [4.69, 9.17) is 0 Å². The molecule has 3 rings (SSSR count). The topological polar surface area (TPSA) is 73.5 Å². The van der Waals surface area contributed by atoms with Crippen molar-refractivity contribution < 1.29 is 14.0 Å². The van der Waals surface area contributed by atoms with Crippen LogP contribution in [0.2, 0.25) is 0 Å². The SMILES string of the molecule is Cc1ccc(NC(=O)C(C)N2CCC(NC(=O)Nc3ccccc3)CC2)cc1F. The minimum absolute atomic E-state index is 0.0661. The summed E-state index contributed by atoms with van der Waals surface area (Å²) in [5.74, 6) is -0.502. The van der Waals surface area contributed by atoms with Gasteiger partial charge in [-0.2, -0.15) is 0 Å². The van der Waals surface area contributed by atoms with E-state index in [0.717, 1.165) is 18.5 Å². The minimum Gasteiger partial charge on any atom is -0.335 e. The van der Waals surface area contributed by atoms with Gasteiger partial charge in [-0.05, 0) is 56.5 Å². The first-order valence-electron chi connectivity index (χ1n) is 9.86. The third-order valence-electron chi connectivity index (χ3n) is 5.26. The second-order valence-corrected chi connectivity index (χ2v) is 7.40. The zero-order valence-electron chi connectivity index (χ0n) is 16.7. The maximum Gasteiger partial charge on any atom is 0.319 e. The number of carbonyl (C=O) groups is 2. The summed E-state index contributed by atoms with van der Waals surface area (Å²) in [5.41, 5.74) is 1.75. The van der Waals surface area contributed by atoms with Crippen LogP contribution in [-0.2, 0) is 4.79 Å². The van der Waals surface area contributed by atoms with Crippen LogP contribution >= 0.6 is 0 Å². The molecular formula is C22H27FN4O2. The number of urea groups is 1. The Morgan fingerprint density at radius 1 is 1.03 bits per heavy atom. The van der Waals surface area contributed by atoms with Crippen LogP contribution in [0.3, 0.4) is 0 Å². The number of hydrogen-bond donors (Lipinski definition) is 3. The Morgan fingerprint density at radius 3 is 2.38 bits per heavy atom. The van der Waals surface area contributed by atoms with Crippen LogP contribution in [0, 0.1) is 12.7 Å². The molecule has 1 aliphatic rings. The quantitative estimate of drug-likeness (QED) is 0.718. The Labute approximate surface area is 170 Å². The second-order valence-electron chi connectivity index (χ2n) is 7.40. The molecule has 154 valence electrons. The fourth-order valence-corrected chi connectivity index (χ4v) is 3.39. The molecule has 1 fully saturated rings. The van der Waals surface area contributed by atoms with Crippen molar-refractivity contribution in [3.63, 3.8) is 0 Å². The van der Waals surface area contributed by atoms with Crippen molar-refractivity contribution in [2.75, 3.05) is 23.7 Å². The van der Waals surface area contributed by atoms with Gasteiger partial charge in [-0.15, -0.1) is 0 Å². The van der Waals surface area contributed by atoms with Gasteiger partial charge in [0.25, 0.3) is 0 Å². The van der Waals surface area contributed by atoms with E-state index in [2.05, 4.69) is 20.9 Å². The fraction of sp³-hybridized carbons (Fsp3) is 0.364. The van der Waals surface area contributed by atoms with Crippen LogP contribution in [0.4, 0.5) is 20.6 Å². The number of nitrogens with one attached hydrogen (secondary N) is 3. The number of piperidine rings is 1. The first-order valence-corrected chi connectivity index (χ1v) is 9.86. The van der Waals surface area contributed by atoms with Gasteiger partial charge in [0.05, 0.1) is 6.04 Å². The first-order chi connectivity index (χ1) is 13.9. The standard InChI is InChI=1S/C22H27FN4O2/c1-15-8-9-19(14-20(15)23)24-21(28)16(2)27-12-10-18(11-13-27)26-22(29)25-17-6-4-3-5-7-17/h3-9,14,16,18H,10-13H2,1-2H3,(H,24,28)(H2,25,26,29). The number of carbonyl (C=O) groups excluding carboxylic acids is 2. The lowest BCUT2D eigenvalue weighted by Crippen LogP contribution is -2.51. The molecule has 1 saturated heterocycles. The lowest BCUT2D eigenvalue weighted by molar-refractivity contribution is -0.121. The molecule has 1 unspecified atom stereocenters. The molecule has 3 amide bonds. The summed E-state index contributed by atoms with van der Waals surface area (Å²) >= 11 is 0. The Morgan fingerprint density at radius 2 is 1.72 bits per heavy atom. The van der Waals surface area contributed by atoms with Gasteiger partial charge in [0.15, 0.2) is 0 Å². The molecule has 0 spiro atoms. The number of benzene rings is 2. The molecule has 2 aromatic rings. The molecule has 29 heavy (non-hydrogen) atoms. The predicted octanol–water partition coefficient (Wildman–Crippen LogP) is 3.75. The van der Waals surface area contributed by atoms with Crippen molar-refractivity contribution >= 4 is 23.3 Å². The molecule has 6 nitrogen and oxygen atoms in total. The van der Waals surface area contributed by atoms with Crippen LogP contribution in [0.25, 0.3) is 0 Å².